The first kappa shape index (κ1) is 26.9. The number of alkyl halides is 3. The van der Waals surface area contributed by atoms with E-state index in [4.69, 9.17) is 4.74 Å². The zero-order valence-electron chi connectivity index (χ0n) is 19.3. The van der Waals surface area contributed by atoms with Crippen LogP contribution in [0.5, 0.6) is 5.75 Å². The van der Waals surface area contributed by atoms with Crippen molar-refractivity contribution in [2.45, 2.75) is 64.3 Å². The predicted molar refractivity (Wildman–Crippen MR) is 119 cm³/mol. The highest BCUT2D eigenvalue weighted by Gasteiger charge is 2.29. The van der Waals surface area contributed by atoms with E-state index in [2.05, 4.69) is 10.4 Å². The molecule has 0 radical (unpaired) electrons. The third-order valence-electron chi connectivity index (χ3n) is 5.04. The number of aliphatic carboxylic acids is 1. The Morgan fingerprint density at radius 2 is 1.88 bits per heavy atom. The molecule has 0 aliphatic rings. The molecule has 0 saturated carbocycles. The lowest BCUT2D eigenvalue weighted by molar-refractivity contribution is -0.152. The first-order valence-electron chi connectivity index (χ1n) is 10.8. The average Bonchev–Trinajstić information content (AvgIpc) is 2.73. The van der Waals surface area contributed by atoms with E-state index in [1.165, 1.54) is 20.9 Å². The summed E-state index contributed by atoms with van der Waals surface area (Å²) in [6, 6.07) is 7.12. The quantitative estimate of drug-likeness (QED) is 0.443. The zero-order valence-corrected chi connectivity index (χ0v) is 19.3. The summed E-state index contributed by atoms with van der Waals surface area (Å²) in [7, 11) is 1.25. The number of nitrogens with zero attached hydrogens (tertiary/aromatic N) is 3. The zero-order chi connectivity index (χ0) is 25.5. The molecular weight excluding hydrogens is 457 g/mol. The van der Waals surface area contributed by atoms with Gasteiger partial charge in [0.1, 0.15) is 5.75 Å². The SMILES string of the molecule is Cn1c(=O)c(NCCCCc2cccc(OC(C)(C)C(=O)O)c2)nn(CCCC(F)(F)F)c1=O. The Morgan fingerprint density at radius 3 is 2.53 bits per heavy atom. The van der Waals surface area contributed by atoms with Crippen LogP contribution in [0.15, 0.2) is 33.9 Å². The van der Waals surface area contributed by atoms with Gasteiger partial charge >= 0.3 is 17.8 Å². The molecule has 0 aliphatic carbocycles. The number of carboxylic acid groups (broad SMARTS) is 1. The number of aryl methyl sites for hydroxylation is 2. The Labute approximate surface area is 194 Å². The molecule has 0 bridgehead atoms. The number of hydrogen-bond acceptors (Lipinski definition) is 6. The molecule has 188 valence electrons. The number of halogens is 3. The van der Waals surface area contributed by atoms with Crippen molar-refractivity contribution in [1.82, 2.24) is 14.3 Å². The summed E-state index contributed by atoms with van der Waals surface area (Å²) in [5.74, 6) is -0.723. The fraction of sp³-hybridized carbons (Fsp3) is 0.545. The summed E-state index contributed by atoms with van der Waals surface area (Å²) in [6.07, 6.45) is -3.65. The molecule has 0 aliphatic heterocycles. The molecule has 0 unspecified atom stereocenters. The van der Waals surface area contributed by atoms with Crippen LogP contribution in [0.2, 0.25) is 0 Å². The van der Waals surface area contributed by atoms with Gasteiger partial charge in [-0.2, -0.15) is 13.2 Å². The largest absolute Gasteiger partial charge is 0.478 e. The summed E-state index contributed by atoms with van der Waals surface area (Å²) in [6.45, 7) is 3.04. The van der Waals surface area contributed by atoms with Crippen LogP contribution >= 0.6 is 0 Å². The number of unbranched alkanes of at least 4 members (excludes halogenated alkanes) is 1. The highest BCUT2D eigenvalue weighted by atomic mass is 19.4. The molecule has 34 heavy (non-hydrogen) atoms. The average molecular weight is 486 g/mol. The molecule has 12 heteroatoms. The van der Waals surface area contributed by atoms with Gasteiger partial charge in [-0.3, -0.25) is 9.36 Å². The van der Waals surface area contributed by atoms with E-state index in [9.17, 15) is 32.7 Å². The van der Waals surface area contributed by atoms with E-state index < -0.39 is 35.4 Å². The molecule has 0 saturated heterocycles. The fourth-order valence-electron chi connectivity index (χ4n) is 3.07. The van der Waals surface area contributed by atoms with Crippen molar-refractivity contribution in [2.75, 3.05) is 11.9 Å². The maximum Gasteiger partial charge on any atom is 0.389 e. The number of hydrogen-bond donors (Lipinski definition) is 2. The predicted octanol–water partition coefficient (Wildman–Crippen LogP) is 2.96. The van der Waals surface area contributed by atoms with Crippen molar-refractivity contribution in [3.05, 3.63) is 50.7 Å². The van der Waals surface area contributed by atoms with Gasteiger partial charge in [0.05, 0.1) is 0 Å². The Kier molecular flexibility index (Phi) is 8.88. The van der Waals surface area contributed by atoms with Gasteiger partial charge in [-0.1, -0.05) is 12.1 Å². The van der Waals surface area contributed by atoms with E-state index >= 15 is 0 Å². The van der Waals surface area contributed by atoms with Crippen molar-refractivity contribution in [1.29, 1.82) is 0 Å². The summed E-state index contributed by atoms with van der Waals surface area (Å²) in [4.78, 5) is 35.6. The second-order valence-corrected chi connectivity index (χ2v) is 8.39. The number of anilines is 1. The van der Waals surface area contributed by atoms with Crippen LogP contribution in [0, 0.1) is 0 Å². The van der Waals surface area contributed by atoms with Crippen LogP contribution in [0.3, 0.4) is 0 Å². The van der Waals surface area contributed by atoms with Gasteiger partial charge in [-0.15, -0.1) is 5.10 Å². The molecule has 0 spiro atoms. The number of carboxylic acids is 1. The minimum absolute atomic E-state index is 0.0968. The van der Waals surface area contributed by atoms with Gasteiger partial charge in [0.25, 0.3) is 5.56 Å². The Morgan fingerprint density at radius 1 is 1.18 bits per heavy atom. The van der Waals surface area contributed by atoms with Crippen LogP contribution < -0.4 is 21.3 Å². The fourth-order valence-corrected chi connectivity index (χ4v) is 3.07. The van der Waals surface area contributed by atoms with Crippen molar-refractivity contribution in [2.24, 2.45) is 7.05 Å². The topological polar surface area (TPSA) is 115 Å². The third kappa shape index (κ3) is 7.92. The molecule has 2 N–H and O–H groups in total. The first-order chi connectivity index (χ1) is 15.8. The molecular formula is C22H29F3N4O5. The van der Waals surface area contributed by atoms with E-state index in [1.54, 1.807) is 18.2 Å². The molecule has 1 heterocycles. The molecule has 9 nitrogen and oxygen atoms in total. The maximum atomic E-state index is 12.4. The normalized spacial score (nSPS) is 11.9. The number of nitrogens with one attached hydrogen (secondary N) is 1. The van der Waals surface area contributed by atoms with E-state index in [0.717, 1.165) is 21.2 Å². The lowest BCUT2D eigenvalue weighted by Crippen LogP contribution is -2.41. The summed E-state index contributed by atoms with van der Waals surface area (Å²) in [5, 5.41) is 15.9. The number of carbonyl (C=O) groups is 1. The second kappa shape index (κ2) is 11.2. The van der Waals surface area contributed by atoms with Gasteiger partial charge in [0, 0.05) is 26.6 Å². The van der Waals surface area contributed by atoms with E-state index in [-0.39, 0.29) is 18.8 Å². The standard InChI is InChI=1S/C22H29F3N4O5/c1-21(2,19(31)32)34-16-10-6-9-15(14-16)8-4-5-12-26-17-18(30)28(3)20(33)29(27-17)13-7-11-22(23,24)25/h6,9-10,14H,4-5,7-8,11-13H2,1-3H3,(H,26,27)(H,31,32). The Hall–Kier alpha value is -3.31. The van der Waals surface area contributed by atoms with Crippen LogP contribution in [-0.2, 0) is 24.8 Å². The minimum Gasteiger partial charge on any atom is -0.478 e. The maximum absolute atomic E-state index is 12.4. The highest BCUT2D eigenvalue weighted by molar-refractivity contribution is 5.76. The first-order valence-corrected chi connectivity index (χ1v) is 10.8. The smallest absolute Gasteiger partial charge is 0.389 e. The lowest BCUT2D eigenvalue weighted by atomic mass is 10.1. The van der Waals surface area contributed by atoms with E-state index in [0.29, 0.717) is 25.1 Å². The van der Waals surface area contributed by atoms with Crippen LogP contribution in [0.25, 0.3) is 0 Å². The van der Waals surface area contributed by atoms with Gasteiger partial charge in [-0.05, 0) is 57.2 Å². The Bertz CT molecular complexity index is 1110. The molecule has 2 aromatic rings. The summed E-state index contributed by atoms with van der Waals surface area (Å²) < 4.78 is 44.3. The van der Waals surface area contributed by atoms with Gasteiger partial charge in [0.2, 0.25) is 5.82 Å². The highest BCUT2D eigenvalue weighted by Crippen LogP contribution is 2.22. The Balaban J connectivity index is 1.90. The van der Waals surface area contributed by atoms with Crippen LogP contribution in [-0.4, -0.2) is 43.7 Å². The summed E-state index contributed by atoms with van der Waals surface area (Å²) >= 11 is 0. The van der Waals surface area contributed by atoms with Crippen molar-refractivity contribution < 1.29 is 27.8 Å². The molecule has 1 aromatic carbocycles. The van der Waals surface area contributed by atoms with Crippen LogP contribution in [0.1, 0.15) is 45.1 Å². The number of benzene rings is 1. The number of ether oxygens (including phenoxy) is 1. The molecule has 0 atom stereocenters. The minimum atomic E-state index is -4.33. The monoisotopic (exact) mass is 486 g/mol. The van der Waals surface area contributed by atoms with Crippen molar-refractivity contribution in [3.63, 3.8) is 0 Å². The van der Waals surface area contributed by atoms with Crippen LogP contribution in [0.4, 0.5) is 19.0 Å². The van der Waals surface area contributed by atoms with Crippen molar-refractivity contribution in [3.8, 4) is 5.75 Å². The summed E-state index contributed by atoms with van der Waals surface area (Å²) in [5.41, 5.74) is -1.83. The molecule has 2 rings (SSSR count). The van der Waals surface area contributed by atoms with Gasteiger partial charge in [-0.25, -0.2) is 14.3 Å². The van der Waals surface area contributed by atoms with Gasteiger partial charge in [0.15, 0.2) is 5.60 Å². The van der Waals surface area contributed by atoms with E-state index in [1.807, 2.05) is 6.07 Å². The molecule has 0 amide bonds. The van der Waals surface area contributed by atoms with Crippen molar-refractivity contribution >= 4 is 11.8 Å². The van der Waals surface area contributed by atoms with Gasteiger partial charge < -0.3 is 15.2 Å². The molecule has 1 aromatic heterocycles. The lowest BCUT2D eigenvalue weighted by Gasteiger charge is -2.21. The number of rotatable bonds is 12. The molecule has 0 fully saturated rings. The third-order valence-corrected chi connectivity index (χ3v) is 5.04. The second-order valence-electron chi connectivity index (χ2n) is 8.39. The number of aromatic nitrogens is 3.